The summed E-state index contributed by atoms with van der Waals surface area (Å²) in [6.45, 7) is 3.93. The highest BCUT2D eigenvalue weighted by atomic mass is 35.5. The van der Waals surface area contributed by atoms with Crippen molar-refractivity contribution in [3.63, 3.8) is 0 Å². The maximum absolute atomic E-state index is 10.6. The van der Waals surface area contributed by atoms with E-state index in [1.54, 1.807) is 6.20 Å². The maximum Gasteiger partial charge on any atom is 0.152 e. The first kappa shape index (κ1) is 18.4. The number of hydrogen-bond acceptors (Lipinski definition) is 6. The number of likely N-dealkylation sites (N-methyl/N-ethyl adjacent to an activating group) is 1. The summed E-state index contributed by atoms with van der Waals surface area (Å²) in [7, 11) is 2.10. The van der Waals surface area contributed by atoms with E-state index >= 15 is 0 Å². The predicted molar refractivity (Wildman–Crippen MR) is 106 cm³/mol. The number of halogens is 1. The van der Waals surface area contributed by atoms with Gasteiger partial charge in [-0.2, -0.15) is 0 Å². The number of aromatic nitrogens is 1. The molecule has 0 saturated carbocycles. The Labute approximate surface area is 163 Å². The normalized spacial score (nSPS) is 17.5. The zero-order valence-electron chi connectivity index (χ0n) is 15.2. The Hall–Kier alpha value is -1.96. The largest absolute Gasteiger partial charge is 0.458 e. The number of rotatable bonds is 4. The number of benzene rings is 1. The number of aliphatic hydroxyl groups is 1. The van der Waals surface area contributed by atoms with Gasteiger partial charge in [-0.15, -0.1) is 0 Å². The van der Waals surface area contributed by atoms with Gasteiger partial charge in [0.25, 0.3) is 0 Å². The quantitative estimate of drug-likeness (QED) is 0.717. The van der Waals surface area contributed by atoms with Crippen molar-refractivity contribution in [3.05, 3.63) is 52.9 Å². The van der Waals surface area contributed by atoms with Crippen LogP contribution in [-0.2, 0) is 6.54 Å². The van der Waals surface area contributed by atoms with E-state index in [4.69, 9.17) is 21.8 Å². The number of pyridine rings is 1. The van der Waals surface area contributed by atoms with Crippen LogP contribution in [0.25, 0.3) is 22.2 Å². The van der Waals surface area contributed by atoms with Crippen molar-refractivity contribution < 1.29 is 9.52 Å². The summed E-state index contributed by atoms with van der Waals surface area (Å²) in [6, 6.07) is 9.56. The number of fused-ring (bicyclic) bond motifs is 1. The Bertz CT molecular complexity index is 933. The molecule has 0 radical (unpaired) electrons. The van der Waals surface area contributed by atoms with Gasteiger partial charge in [-0.05, 0) is 31.3 Å². The minimum Gasteiger partial charge on any atom is -0.458 e. The molecule has 1 aliphatic heterocycles. The maximum atomic E-state index is 10.6. The van der Waals surface area contributed by atoms with Crippen LogP contribution in [0.2, 0.25) is 5.02 Å². The molecular weight excluding hydrogens is 364 g/mol. The smallest absolute Gasteiger partial charge is 0.152 e. The summed E-state index contributed by atoms with van der Waals surface area (Å²) in [6.07, 6.45) is 1.10. The predicted octanol–water partition coefficient (Wildman–Crippen LogP) is 2.85. The molecule has 3 aromatic rings. The van der Waals surface area contributed by atoms with Gasteiger partial charge in [0.15, 0.2) is 5.58 Å². The minimum absolute atomic E-state index is 0.331. The lowest BCUT2D eigenvalue weighted by Gasteiger charge is -2.35. The molecule has 1 aromatic carbocycles. The molecule has 1 atom stereocenters. The van der Waals surface area contributed by atoms with E-state index < -0.39 is 6.23 Å². The van der Waals surface area contributed by atoms with E-state index in [2.05, 4.69) is 21.8 Å². The van der Waals surface area contributed by atoms with Crippen molar-refractivity contribution in [1.29, 1.82) is 0 Å². The standard InChI is InChI=1S/C20H23ClN4O2/c1-24-4-6-25(7-5-24)20(26)13-2-3-18(23-12-13)14-8-15-9-16(11-22)27-19(15)17(21)10-14/h2-3,8-10,12,20,26H,4-7,11,22H2,1H3. The fourth-order valence-electron chi connectivity index (χ4n) is 3.42. The molecule has 1 aliphatic rings. The number of nitrogens with zero attached hydrogens (tertiary/aromatic N) is 3. The molecule has 3 N–H and O–H groups in total. The summed E-state index contributed by atoms with van der Waals surface area (Å²) >= 11 is 6.36. The SMILES string of the molecule is CN1CCN(C(O)c2ccc(-c3cc(Cl)c4oc(CN)cc4c3)nc2)CC1. The third-order valence-corrected chi connectivity index (χ3v) is 5.37. The number of piperazine rings is 1. The van der Waals surface area contributed by atoms with Crippen LogP contribution in [0.3, 0.4) is 0 Å². The number of furan rings is 1. The van der Waals surface area contributed by atoms with Crippen LogP contribution >= 0.6 is 11.6 Å². The molecule has 6 nitrogen and oxygen atoms in total. The van der Waals surface area contributed by atoms with E-state index in [0.29, 0.717) is 22.9 Å². The molecule has 7 heteroatoms. The molecule has 1 fully saturated rings. The third-order valence-electron chi connectivity index (χ3n) is 5.09. The van der Waals surface area contributed by atoms with Gasteiger partial charge in [0, 0.05) is 48.9 Å². The molecule has 27 heavy (non-hydrogen) atoms. The first-order chi connectivity index (χ1) is 13.0. The van der Waals surface area contributed by atoms with Crippen LogP contribution in [0.15, 0.2) is 40.9 Å². The average Bonchev–Trinajstić information content (AvgIpc) is 3.12. The average molecular weight is 387 g/mol. The molecular formula is C20H23ClN4O2. The van der Waals surface area contributed by atoms with E-state index in [1.165, 1.54) is 0 Å². The van der Waals surface area contributed by atoms with Crippen molar-refractivity contribution >= 4 is 22.6 Å². The summed E-state index contributed by atoms with van der Waals surface area (Å²) in [5, 5.41) is 12.1. The Morgan fingerprint density at radius 2 is 2.00 bits per heavy atom. The van der Waals surface area contributed by atoms with Crippen LogP contribution in [-0.4, -0.2) is 53.1 Å². The van der Waals surface area contributed by atoms with Crippen molar-refractivity contribution in [2.45, 2.75) is 12.8 Å². The van der Waals surface area contributed by atoms with Crippen LogP contribution < -0.4 is 5.73 Å². The summed E-state index contributed by atoms with van der Waals surface area (Å²) in [4.78, 5) is 8.87. The van der Waals surface area contributed by atoms with Crippen LogP contribution in [0.5, 0.6) is 0 Å². The highest BCUT2D eigenvalue weighted by Gasteiger charge is 2.22. The minimum atomic E-state index is -0.632. The van der Waals surface area contributed by atoms with Gasteiger partial charge in [0.05, 0.1) is 17.3 Å². The van der Waals surface area contributed by atoms with E-state index in [-0.39, 0.29) is 0 Å². The fourth-order valence-corrected chi connectivity index (χ4v) is 3.68. The highest BCUT2D eigenvalue weighted by molar-refractivity contribution is 6.35. The van der Waals surface area contributed by atoms with Crippen LogP contribution in [0, 0.1) is 0 Å². The Kier molecular flexibility index (Phi) is 5.16. The third kappa shape index (κ3) is 3.72. The first-order valence-corrected chi connectivity index (χ1v) is 9.42. The van der Waals surface area contributed by atoms with E-state index in [0.717, 1.165) is 48.4 Å². The second-order valence-corrected chi connectivity index (χ2v) is 7.39. The van der Waals surface area contributed by atoms with Crippen molar-refractivity contribution in [3.8, 4) is 11.3 Å². The molecule has 0 amide bonds. The molecule has 2 aromatic heterocycles. The van der Waals surface area contributed by atoms with Gasteiger partial charge < -0.3 is 20.2 Å². The van der Waals surface area contributed by atoms with Gasteiger partial charge in [-0.3, -0.25) is 9.88 Å². The van der Waals surface area contributed by atoms with Gasteiger partial charge >= 0.3 is 0 Å². The monoisotopic (exact) mass is 386 g/mol. The highest BCUT2D eigenvalue weighted by Crippen LogP contribution is 2.32. The topological polar surface area (TPSA) is 78.8 Å². The Morgan fingerprint density at radius 3 is 2.67 bits per heavy atom. The fraction of sp³-hybridized carbons (Fsp3) is 0.350. The number of aliphatic hydroxyl groups excluding tert-OH is 1. The molecule has 0 bridgehead atoms. The van der Waals surface area contributed by atoms with Crippen molar-refractivity contribution in [2.24, 2.45) is 5.73 Å². The van der Waals surface area contributed by atoms with Crippen LogP contribution in [0.1, 0.15) is 17.6 Å². The number of nitrogens with two attached hydrogens (primary N) is 1. The molecule has 4 rings (SSSR count). The lowest BCUT2D eigenvalue weighted by Crippen LogP contribution is -2.45. The second-order valence-electron chi connectivity index (χ2n) is 6.98. The Morgan fingerprint density at radius 1 is 1.22 bits per heavy atom. The van der Waals surface area contributed by atoms with E-state index in [1.807, 2.05) is 30.3 Å². The van der Waals surface area contributed by atoms with Crippen molar-refractivity contribution in [2.75, 3.05) is 33.2 Å². The lowest BCUT2D eigenvalue weighted by molar-refractivity contribution is -0.0234. The van der Waals surface area contributed by atoms with E-state index in [9.17, 15) is 5.11 Å². The van der Waals surface area contributed by atoms with Crippen molar-refractivity contribution in [1.82, 2.24) is 14.8 Å². The van der Waals surface area contributed by atoms with Gasteiger partial charge in [-0.1, -0.05) is 17.7 Å². The Balaban J connectivity index is 1.57. The zero-order valence-corrected chi connectivity index (χ0v) is 16.0. The zero-order chi connectivity index (χ0) is 19.0. The summed E-state index contributed by atoms with van der Waals surface area (Å²) < 4.78 is 5.64. The summed E-state index contributed by atoms with van der Waals surface area (Å²) in [5.74, 6) is 0.697. The molecule has 1 saturated heterocycles. The summed E-state index contributed by atoms with van der Waals surface area (Å²) in [5.41, 5.74) is 8.78. The van der Waals surface area contributed by atoms with Gasteiger partial charge in [0.1, 0.15) is 12.0 Å². The molecule has 3 heterocycles. The molecule has 1 unspecified atom stereocenters. The van der Waals surface area contributed by atoms with Gasteiger partial charge in [0.2, 0.25) is 0 Å². The number of hydrogen-bond donors (Lipinski definition) is 2. The van der Waals surface area contributed by atoms with Gasteiger partial charge in [-0.25, -0.2) is 0 Å². The molecule has 142 valence electrons. The molecule has 0 spiro atoms. The van der Waals surface area contributed by atoms with Crippen LogP contribution in [0.4, 0.5) is 0 Å². The first-order valence-electron chi connectivity index (χ1n) is 9.04. The second kappa shape index (κ2) is 7.58. The lowest BCUT2D eigenvalue weighted by atomic mass is 10.1. The molecule has 0 aliphatic carbocycles.